The Bertz CT molecular complexity index is 780. The maximum Gasteiger partial charge on any atom is 0.134 e. The third kappa shape index (κ3) is 3.43. The fraction of sp³-hybridized carbons (Fsp3) is 0.188. The molecule has 1 N–H and O–H groups in total. The van der Waals surface area contributed by atoms with Crippen LogP contribution in [0.2, 0.25) is 5.15 Å². The Balaban J connectivity index is 1.73. The summed E-state index contributed by atoms with van der Waals surface area (Å²) in [5.74, 6) is 1.36. The molecule has 0 saturated carbocycles. The Morgan fingerprint density at radius 2 is 1.95 bits per heavy atom. The number of hydrogen-bond donors (Lipinski definition) is 1. The summed E-state index contributed by atoms with van der Waals surface area (Å²) in [6.07, 6.45) is 0. The first-order valence-electron chi connectivity index (χ1n) is 6.87. The lowest BCUT2D eigenvalue weighted by Gasteiger charge is -2.04. The lowest BCUT2D eigenvalue weighted by atomic mass is 10.1. The number of benzene rings is 1. The monoisotopic (exact) mass is 330 g/mol. The topological polar surface area (TPSA) is 50.7 Å². The van der Waals surface area contributed by atoms with E-state index in [4.69, 9.17) is 11.6 Å². The van der Waals surface area contributed by atoms with Crippen LogP contribution in [0.25, 0.3) is 10.6 Å². The van der Waals surface area contributed by atoms with Crippen molar-refractivity contribution in [2.75, 3.05) is 5.32 Å². The van der Waals surface area contributed by atoms with Crippen molar-refractivity contribution in [1.29, 1.82) is 0 Å². The molecule has 0 spiro atoms. The number of aryl methyl sites for hydroxylation is 2. The largest absolute Gasteiger partial charge is 0.364 e. The first-order chi connectivity index (χ1) is 10.6. The molecule has 3 aromatic rings. The molecule has 0 unspecified atom stereocenters. The standard InChI is InChI=1S/C16H15ClN4S/c1-10-5-3-4-6-13(10)16-21-12(9-22-16)8-18-15-7-14(17)19-11(2)20-15/h3-7,9H,8H2,1-2H3,(H,18,19,20). The van der Waals surface area contributed by atoms with Crippen molar-refractivity contribution in [1.82, 2.24) is 15.0 Å². The van der Waals surface area contributed by atoms with Crippen LogP contribution in [0.15, 0.2) is 35.7 Å². The van der Waals surface area contributed by atoms with E-state index >= 15 is 0 Å². The molecule has 0 aliphatic carbocycles. The molecule has 0 atom stereocenters. The molecule has 2 aromatic heterocycles. The number of thiazole rings is 1. The molecule has 0 bridgehead atoms. The van der Waals surface area contributed by atoms with Crippen molar-refractivity contribution in [3.05, 3.63) is 57.9 Å². The van der Waals surface area contributed by atoms with Crippen molar-refractivity contribution in [2.24, 2.45) is 0 Å². The maximum absolute atomic E-state index is 5.93. The van der Waals surface area contributed by atoms with Gasteiger partial charge in [0.1, 0.15) is 21.8 Å². The second kappa shape index (κ2) is 6.42. The van der Waals surface area contributed by atoms with Gasteiger partial charge in [-0.05, 0) is 19.4 Å². The first-order valence-corrected chi connectivity index (χ1v) is 8.13. The molecule has 0 saturated heterocycles. The summed E-state index contributed by atoms with van der Waals surface area (Å²) in [5.41, 5.74) is 3.39. The molecule has 2 heterocycles. The van der Waals surface area contributed by atoms with E-state index in [0.717, 1.165) is 10.7 Å². The Kier molecular flexibility index (Phi) is 4.36. The van der Waals surface area contributed by atoms with Crippen LogP contribution < -0.4 is 5.32 Å². The summed E-state index contributed by atoms with van der Waals surface area (Å²) in [5, 5.41) is 6.76. The number of hydrogen-bond acceptors (Lipinski definition) is 5. The summed E-state index contributed by atoms with van der Waals surface area (Å²) in [6.45, 7) is 4.52. The molecule has 6 heteroatoms. The predicted octanol–water partition coefficient (Wildman–Crippen LogP) is 4.48. The zero-order valence-electron chi connectivity index (χ0n) is 12.3. The normalized spacial score (nSPS) is 10.7. The highest BCUT2D eigenvalue weighted by Crippen LogP contribution is 2.26. The molecule has 3 rings (SSSR count). The molecule has 112 valence electrons. The highest BCUT2D eigenvalue weighted by atomic mass is 35.5. The molecule has 0 fully saturated rings. The Hall–Kier alpha value is -1.98. The molecule has 0 amide bonds. The zero-order chi connectivity index (χ0) is 15.5. The van der Waals surface area contributed by atoms with E-state index in [1.165, 1.54) is 11.1 Å². The second-order valence-electron chi connectivity index (χ2n) is 4.94. The predicted molar refractivity (Wildman–Crippen MR) is 91.4 cm³/mol. The number of anilines is 1. The van der Waals surface area contributed by atoms with E-state index in [9.17, 15) is 0 Å². The summed E-state index contributed by atoms with van der Waals surface area (Å²) >= 11 is 7.58. The molecular weight excluding hydrogens is 316 g/mol. The summed E-state index contributed by atoms with van der Waals surface area (Å²) in [4.78, 5) is 13.0. The van der Waals surface area contributed by atoms with Gasteiger partial charge in [-0.3, -0.25) is 0 Å². The Morgan fingerprint density at radius 1 is 1.14 bits per heavy atom. The van der Waals surface area contributed by atoms with Crippen molar-refractivity contribution < 1.29 is 0 Å². The highest BCUT2D eigenvalue weighted by Gasteiger charge is 2.07. The molecular formula is C16H15ClN4S. The van der Waals surface area contributed by atoms with Crippen molar-refractivity contribution >= 4 is 28.8 Å². The van der Waals surface area contributed by atoms with E-state index < -0.39 is 0 Å². The van der Waals surface area contributed by atoms with E-state index in [1.54, 1.807) is 17.4 Å². The second-order valence-corrected chi connectivity index (χ2v) is 6.18. The number of rotatable bonds is 4. The van der Waals surface area contributed by atoms with Crippen LogP contribution in [0.1, 0.15) is 17.1 Å². The number of nitrogens with one attached hydrogen (secondary N) is 1. The van der Waals surface area contributed by atoms with Crippen LogP contribution >= 0.6 is 22.9 Å². The van der Waals surface area contributed by atoms with E-state index in [2.05, 4.69) is 44.7 Å². The molecule has 1 aromatic carbocycles. The van der Waals surface area contributed by atoms with Crippen LogP contribution in [0.3, 0.4) is 0 Å². The smallest absolute Gasteiger partial charge is 0.134 e. The van der Waals surface area contributed by atoms with Crippen LogP contribution in [-0.2, 0) is 6.54 Å². The molecule has 22 heavy (non-hydrogen) atoms. The lowest BCUT2D eigenvalue weighted by Crippen LogP contribution is -2.03. The van der Waals surface area contributed by atoms with Gasteiger partial charge in [0, 0.05) is 17.0 Å². The quantitative estimate of drug-likeness (QED) is 0.716. The number of halogens is 1. The van der Waals surface area contributed by atoms with Crippen LogP contribution in [0.4, 0.5) is 5.82 Å². The van der Waals surface area contributed by atoms with Crippen molar-refractivity contribution in [2.45, 2.75) is 20.4 Å². The first kappa shape index (κ1) is 14.9. The third-order valence-electron chi connectivity index (χ3n) is 3.18. The Morgan fingerprint density at radius 3 is 2.73 bits per heavy atom. The zero-order valence-corrected chi connectivity index (χ0v) is 13.9. The Labute approximate surface area is 138 Å². The SMILES string of the molecule is Cc1nc(Cl)cc(NCc2csc(-c3ccccc3C)n2)n1. The fourth-order valence-electron chi connectivity index (χ4n) is 2.13. The summed E-state index contributed by atoms with van der Waals surface area (Å²) in [6, 6.07) is 9.98. The van der Waals surface area contributed by atoms with Gasteiger partial charge < -0.3 is 5.32 Å². The summed E-state index contributed by atoms with van der Waals surface area (Å²) in [7, 11) is 0. The number of nitrogens with zero attached hydrogens (tertiary/aromatic N) is 3. The van der Waals surface area contributed by atoms with E-state index in [-0.39, 0.29) is 0 Å². The van der Waals surface area contributed by atoms with Gasteiger partial charge in [0.2, 0.25) is 0 Å². The average molecular weight is 331 g/mol. The molecule has 0 aliphatic rings. The third-order valence-corrected chi connectivity index (χ3v) is 4.30. The van der Waals surface area contributed by atoms with Gasteiger partial charge in [0.05, 0.1) is 12.2 Å². The molecule has 4 nitrogen and oxygen atoms in total. The fourth-order valence-corrected chi connectivity index (χ4v) is 3.26. The minimum absolute atomic E-state index is 0.439. The van der Waals surface area contributed by atoms with Crippen LogP contribution in [0, 0.1) is 13.8 Å². The van der Waals surface area contributed by atoms with E-state index in [1.807, 2.05) is 19.1 Å². The van der Waals surface area contributed by atoms with Crippen molar-refractivity contribution in [3.63, 3.8) is 0 Å². The van der Waals surface area contributed by atoms with Gasteiger partial charge in [-0.25, -0.2) is 15.0 Å². The minimum atomic E-state index is 0.439. The average Bonchev–Trinajstić information content (AvgIpc) is 2.93. The highest BCUT2D eigenvalue weighted by molar-refractivity contribution is 7.13. The van der Waals surface area contributed by atoms with Gasteiger partial charge in [0.25, 0.3) is 0 Å². The van der Waals surface area contributed by atoms with Gasteiger partial charge >= 0.3 is 0 Å². The summed E-state index contributed by atoms with van der Waals surface area (Å²) < 4.78 is 0. The van der Waals surface area contributed by atoms with Gasteiger partial charge in [-0.1, -0.05) is 35.9 Å². The van der Waals surface area contributed by atoms with Gasteiger partial charge in [0.15, 0.2) is 0 Å². The van der Waals surface area contributed by atoms with Crippen molar-refractivity contribution in [3.8, 4) is 10.6 Å². The van der Waals surface area contributed by atoms with Gasteiger partial charge in [-0.15, -0.1) is 11.3 Å². The van der Waals surface area contributed by atoms with Gasteiger partial charge in [-0.2, -0.15) is 0 Å². The lowest BCUT2D eigenvalue weighted by molar-refractivity contribution is 1.01. The van der Waals surface area contributed by atoms with E-state index in [0.29, 0.717) is 23.3 Å². The minimum Gasteiger partial charge on any atom is -0.364 e. The molecule has 0 aliphatic heterocycles. The molecule has 0 radical (unpaired) electrons. The van der Waals surface area contributed by atoms with Crippen LogP contribution in [-0.4, -0.2) is 15.0 Å². The maximum atomic E-state index is 5.93. The number of aromatic nitrogens is 3. The van der Waals surface area contributed by atoms with Crippen LogP contribution in [0.5, 0.6) is 0 Å².